The Labute approximate surface area is 284 Å². The van der Waals surface area contributed by atoms with Gasteiger partial charge in [-0.2, -0.15) is 52.7 Å². The van der Waals surface area contributed by atoms with Crippen LogP contribution in [0, 0.1) is 40.9 Å². The number of hydrogen-bond acceptors (Lipinski definition) is 6. The lowest BCUT2D eigenvalue weighted by molar-refractivity contribution is -0.432. The molecule has 6 bridgehead atoms. The van der Waals surface area contributed by atoms with E-state index in [0.29, 0.717) is 12.8 Å². The van der Waals surface area contributed by atoms with E-state index in [-0.39, 0.29) is 31.6 Å². The van der Waals surface area contributed by atoms with Gasteiger partial charge in [0.2, 0.25) is 0 Å². The number of alkyl halides is 12. The topological polar surface area (TPSA) is 82.1 Å². The Hall–Kier alpha value is -2.50. The first-order valence-corrected chi connectivity index (χ1v) is 16.5. The highest BCUT2D eigenvalue weighted by molar-refractivity contribution is 5.87. The molecule has 0 aromatic rings. The van der Waals surface area contributed by atoms with Crippen LogP contribution >= 0.6 is 0 Å². The zero-order valence-electron chi connectivity index (χ0n) is 27.5. The summed E-state index contributed by atoms with van der Waals surface area (Å²) in [6, 6.07) is 0. The molecule has 0 heterocycles. The minimum atomic E-state index is -6.49. The number of ether oxygens (including phenoxy) is 3. The minimum absolute atomic E-state index is 0.137. The minimum Gasteiger partial charge on any atom is -0.455 e. The van der Waals surface area contributed by atoms with Crippen LogP contribution in [0.3, 0.4) is 0 Å². The fraction of sp³-hybridized carbons (Fsp3) is 0.818. The lowest BCUT2D eigenvalue weighted by Gasteiger charge is -2.63. The number of esters is 2. The van der Waals surface area contributed by atoms with E-state index in [4.69, 9.17) is 14.2 Å². The average molecular weight is 759 g/mol. The largest absolute Gasteiger partial charge is 0.455 e. The lowest BCUT2D eigenvalue weighted by Crippen LogP contribution is -2.74. The van der Waals surface area contributed by atoms with Gasteiger partial charge < -0.3 is 19.3 Å². The highest BCUT2D eigenvalue weighted by atomic mass is 19.4. The van der Waals surface area contributed by atoms with Crippen LogP contribution in [0.1, 0.15) is 71.6 Å². The molecule has 0 radical (unpaired) electrons. The van der Waals surface area contributed by atoms with Crippen LogP contribution in [0.25, 0.3) is 0 Å². The summed E-state index contributed by atoms with van der Waals surface area (Å²) in [6.45, 7) is 8.38. The number of carbonyl (C=O) groups is 2. The number of aliphatic hydroxyl groups is 1. The van der Waals surface area contributed by atoms with Gasteiger partial charge in [0.1, 0.15) is 0 Å². The molecule has 6 aliphatic carbocycles. The summed E-state index contributed by atoms with van der Waals surface area (Å²) in [5, 5.41) is 10.5. The summed E-state index contributed by atoms with van der Waals surface area (Å²) in [7, 11) is 0. The molecule has 7 atom stereocenters. The Balaban J connectivity index is 1.61. The van der Waals surface area contributed by atoms with Crippen LogP contribution in [-0.2, 0) is 23.8 Å². The second-order valence-corrected chi connectivity index (χ2v) is 15.4. The Kier molecular flexibility index (Phi) is 9.76. The summed E-state index contributed by atoms with van der Waals surface area (Å²) in [4.78, 5) is 25.2. The number of fused-ring (bicyclic) bond motifs is 2. The summed E-state index contributed by atoms with van der Waals surface area (Å²) >= 11 is 0. The maximum Gasteiger partial charge on any atom is 0.430 e. The van der Waals surface area contributed by atoms with Gasteiger partial charge in [0, 0.05) is 22.5 Å². The van der Waals surface area contributed by atoms with Crippen molar-refractivity contribution in [2.24, 2.45) is 40.9 Å². The van der Waals surface area contributed by atoms with Gasteiger partial charge in [-0.3, -0.25) is 0 Å². The molecule has 1 N–H and O–H groups in total. The molecule has 0 aliphatic heterocycles. The molecule has 18 heteroatoms. The van der Waals surface area contributed by atoms with Gasteiger partial charge >= 0.3 is 36.6 Å². The molecule has 6 saturated carbocycles. The van der Waals surface area contributed by atoms with Crippen molar-refractivity contribution in [3.05, 3.63) is 24.3 Å². The molecular weight excluding hydrogens is 720 g/mol. The van der Waals surface area contributed by atoms with E-state index in [1.54, 1.807) is 0 Å². The predicted molar refractivity (Wildman–Crippen MR) is 151 cm³/mol. The van der Waals surface area contributed by atoms with Gasteiger partial charge in [-0.15, -0.1) is 0 Å². The Morgan fingerprint density at radius 3 is 1.53 bits per heavy atom. The number of hydrogen-bond donors (Lipinski definition) is 1. The van der Waals surface area contributed by atoms with Crippen molar-refractivity contribution in [1.82, 2.24) is 0 Å². The molecular formula is C33H38F12O6. The van der Waals surface area contributed by atoms with Crippen LogP contribution in [0.4, 0.5) is 52.7 Å². The van der Waals surface area contributed by atoms with Crippen molar-refractivity contribution in [3.8, 4) is 0 Å². The van der Waals surface area contributed by atoms with Gasteiger partial charge in [0.25, 0.3) is 11.2 Å². The van der Waals surface area contributed by atoms with E-state index in [1.807, 2.05) is 0 Å². The van der Waals surface area contributed by atoms with Crippen LogP contribution in [-0.4, -0.2) is 71.3 Å². The number of rotatable bonds is 10. The van der Waals surface area contributed by atoms with E-state index in [1.165, 1.54) is 0 Å². The molecule has 0 aromatic carbocycles. The van der Waals surface area contributed by atoms with Gasteiger partial charge in [-0.05, 0) is 94.8 Å². The third kappa shape index (κ3) is 6.34. The second kappa shape index (κ2) is 12.5. The third-order valence-electron chi connectivity index (χ3n) is 11.9. The van der Waals surface area contributed by atoms with Crippen LogP contribution in [0.2, 0.25) is 0 Å². The van der Waals surface area contributed by atoms with E-state index in [0.717, 1.165) is 13.8 Å². The molecule has 6 aliphatic rings. The van der Waals surface area contributed by atoms with Crippen molar-refractivity contribution in [3.63, 3.8) is 0 Å². The van der Waals surface area contributed by atoms with Crippen molar-refractivity contribution in [2.45, 2.75) is 126 Å². The lowest BCUT2D eigenvalue weighted by atomic mass is 9.45. The zero-order chi connectivity index (χ0) is 38.5. The first-order chi connectivity index (χ1) is 23.1. The molecule has 6 unspecified atom stereocenters. The van der Waals surface area contributed by atoms with Crippen LogP contribution in [0.5, 0.6) is 0 Å². The Morgan fingerprint density at radius 1 is 0.667 bits per heavy atom. The maximum absolute atomic E-state index is 15.3. The molecule has 0 amide bonds. The molecule has 51 heavy (non-hydrogen) atoms. The highest BCUT2D eigenvalue weighted by Crippen LogP contribution is 2.68. The first-order valence-electron chi connectivity index (χ1n) is 16.5. The molecule has 0 aromatic heterocycles. The van der Waals surface area contributed by atoms with Gasteiger partial charge in [0.15, 0.2) is 12.2 Å². The summed E-state index contributed by atoms with van der Waals surface area (Å²) in [6.07, 6.45) is -35.8. The van der Waals surface area contributed by atoms with Gasteiger partial charge in [-0.25, -0.2) is 9.59 Å². The van der Waals surface area contributed by atoms with Crippen LogP contribution in [0.15, 0.2) is 24.3 Å². The third-order valence-corrected chi connectivity index (χ3v) is 11.9. The van der Waals surface area contributed by atoms with Crippen molar-refractivity contribution >= 4 is 11.9 Å². The molecule has 0 spiro atoms. The first kappa shape index (κ1) is 39.7. The Bertz CT molecular complexity index is 1370. The number of halogens is 12. The normalized spacial score (nSPS) is 33.6. The van der Waals surface area contributed by atoms with Gasteiger partial charge in [0.05, 0.1) is 6.10 Å². The molecule has 6 fully saturated rings. The van der Waals surface area contributed by atoms with Crippen molar-refractivity contribution < 1.29 is 81.6 Å². The summed E-state index contributed by atoms with van der Waals surface area (Å²) in [5.41, 5.74) is -14.3. The van der Waals surface area contributed by atoms with E-state index >= 15 is 26.3 Å². The maximum atomic E-state index is 15.3. The standard InChI is InChI=1S/C33H38F12O6/c1-14(2)24(46)49-23(21-10-16-5-6-18(21)7-16)29(32(40,41)42,33(43,44)45)51-22-19-8-17-9-20(22)13-27(11-17,12-19)26(50-25(47)15(3)4)28(48,30(34,35)36)31(37,38)39/h16-23,26,48H,1,3,5-13H2,2,4H3/t16?,17?,18-,19?,20?,21?,22?,23?,26?,27?/m1/s1. The predicted octanol–water partition coefficient (Wildman–Crippen LogP) is 8.33. The highest BCUT2D eigenvalue weighted by Gasteiger charge is 2.83. The van der Waals surface area contributed by atoms with Crippen molar-refractivity contribution in [1.29, 1.82) is 0 Å². The van der Waals surface area contributed by atoms with E-state index in [2.05, 4.69) is 13.2 Å². The van der Waals surface area contributed by atoms with Crippen LogP contribution < -0.4 is 0 Å². The summed E-state index contributed by atoms with van der Waals surface area (Å²) < 4.78 is 193. The SMILES string of the molecule is C=C(C)C(=O)OC(C12CC3CC(C1)C(OC(C(OC(=O)C(=C)C)C1CC4CC[C@@H]1C4)(C(F)(F)F)C(F)(F)F)C(C3)C2)C(O)(C(F)(F)F)C(F)(F)F. The quantitative estimate of drug-likeness (QED) is 0.137. The molecule has 6 nitrogen and oxygen atoms in total. The molecule has 0 saturated heterocycles. The fourth-order valence-electron chi connectivity index (χ4n) is 10.1. The smallest absolute Gasteiger partial charge is 0.430 e. The molecule has 6 rings (SSSR count). The monoisotopic (exact) mass is 758 g/mol. The average Bonchev–Trinajstić information content (AvgIpc) is 3.59. The van der Waals surface area contributed by atoms with E-state index in [9.17, 15) is 41.0 Å². The zero-order valence-corrected chi connectivity index (χ0v) is 27.5. The van der Waals surface area contributed by atoms with Crippen molar-refractivity contribution in [2.75, 3.05) is 0 Å². The fourth-order valence-corrected chi connectivity index (χ4v) is 10.1. The second-order valence-electron chi connectivity index (χ2n) is 15.4. The number of carbonyl (C=O) groups excluding carboxylic acids is 2. The van der Waals surface area contributed by atoms with Gasteiger partial charge in [-0.1, -0.05) is 19.6 Å². The van der Waals surface area contributed by atoms with E-state index < -0.39 is 132 Å². The molecule has 290 valence electrons. The Morgan fingerprint density at radius 2 is 1.14 bits per heavy atom. The summed E-state index contributed by atoms with van der Waals surface area (Å²) in [5.74, 6) is -9.45.